The lowest BCUT2D eigenvalue weighted by Gasteiger charge is -2.21. The summed E-state index contributed by atoms with van der Waals surface area (Å²) in [6.45, 7) is 0.715. The molecule has 1 aliphatic heterocycles. The van der Waals surface area contributed by atoms with Gasteiger partial charge in [0.2, 0.25) is 0 Å². The molecule has 0 bridgehead atoms. The van der Waals surface area contributed by atoms with Crippen molar-refractivity contribution in [2.45, 2.75) is 25.2 Å². The normalized spacial score (nSPS) is 17.3. The molecule has 0 radical (unpaired) electrons. The molecule has 1 heterocycles. The van der Waals surface area contributed by atoms with Crippen molar-refractivity contribution in [3.8, 4) is 5.75 Å². The van der Waals surface area contributed by atoms with E-state index >= 15 is 0 Å². The molecule has 0 saturated heterocycles. The van der Waals surface area contributed by atoms with Gasteiger partial charge >= 0.3 is 0 Å². The van der Waals surface area contributed by atoms with E-state index < -0.39 is 5.97 Å². The Balaban J connectivity index is 2.11. The minimum atomic E-state index is -0.986. The van der Waals surface area contributed by atoms with Crippen molar-refractivity contribution in [1.82, 2.24) is 0 Å². The van der Waals surface area contributed by atoms with Gasteiger partial charge in [-0.3, -0.25) is 4.99 Å². The topological polar surface area (TPSA) is 61.7 Å². The highest BCUT2D eigenvalue weighted by Crippen LogP contribution is 2.30. The fourth-order valence-electron chi connectivity index (χ4n) is 2.27. The first-order valence-electron chi connectivity index (χ1n) is 6.08. The van der Waals surface area contributed by atoms with Gasteiger partial charge in [0.25, 0.3) is 0 Å². The first-order chi connectivity index (χ1) is 8.70. The second-order valence-electron chi connectivity index (χ2n) is 4.45. The molecule has 0 N–H and O–H groups in total. The maximum atomic E-state index is 10.4. The highest BCUT2D eigenvalue weighted by molar-refractivity contribution is 5.83. The van der Waals surface area contributed by atoms with E-state index in [9.17, 15) is 9.90 Å². The average Bonchev–Trinajstić information content (AvgIpc) is 2.38. The molecule has 0 saturated carbocycles. The number of carboxylic acids is 1. The Morgan fingerprint density at radius 3 is 3.11 bits per heavy atom. The van der Waals surface area contributed by atoms with Crippen molar-refractivity contribution < 1.29 is 14.6 Å². The summed E-state index contributed by atoms with van der Waals surface area (Å²) in [5.74, 6) is 0.119. The average molecular weight is 246 g/mol. The summed E-state index contributed by atoms with van der Waals surface area (Å²) in [7, 11) is 1.64. The number of methoxy groups -OCH3 is 1. The number of carbonyl (C=O) groups excluding carboxylic acids is 1. The predicted octanol–water partition coefficient (Wildman–Crippen LogP) is 1.13. The third-order valence-electron chi connectivity index (χ3n) is 3.22. The number of aliphatic imine (C=N–C) groups is 1. The molecule has 1 aromatic carbocycles. The largest absolute Gasteiger partial charge is 0.550 e. The first kappa shape index (κ1) is 12.6. The van der Waals surface area contributed by atoms with Crippen molar-refractivity contribution in [3.05, 3.63) is 29.3 Å². The van der Waals surface area contributed by atoms with Crippen LogP contribution in [0.15, 0.2) is 23.2 Å². The molecule has 0 aromatic heterocycles. The minimum Gasteiger partial charge on any atom is -0.550 e. The Bertz CT molecular complexity index is 468. The molecule has 0 aliphatic carbocycles. The highest BCUT2D eigenvalue weighted by Gasteiger charge is 2.18. The van der Waals surface area contributed by atoms with Crippen molar-refractivity contribution in [2.24, 2.45) is 4.99 Å². The maximum absolute atomic E-state index is 10.4. The van der Waals surface area contributed by atoms with E-state index in [0.29, 0.717) is 13.0 Å². The molecule has 4 nitrogen and oxygen atoms in total. The van der Waals surface area contributed by atoms with Gasteiger partial charge in [-0.05, 0) is 48.6 Å². The molecule has 1 atom stereocenters. The number of hydrogen-bond acceptors (Lipinski definition) is 4. The number of hydrogen-bond donors (Lipinski definition) is 0. The fraction of sp³-hybridized carbons (Fsp3) is 0.429. The zero-order chi connectivity index (χ0) is 13.0. The molecule has 1 aromatic rings. The molecule has 0 spiro atoms. The lowest BCUT2D eigenvalue weighted by molar-refractivity contribution is -0.305. The van der Waals surface area contributed by atoms with E-state index in [4.69, 9.17) is 4.74 Å². The molecule has 1 unspecified atom stereocenters. The van der Waals surface area contributed by atoms with Crippen LogP contribution in [0.25, 0.3) is 0 Å². The summed E-state index contributed by atoms with van der Waals surface area (Å²) in [6, 6.07) is 5.92. The molecule has 2 rings (SSSR count). The smallest absolute Gasteiger partial charge is 0.119 e. The Morgan fingerprint density at radius 1 is 1.56 bits per heavy atom. The number of nitrogens with zero attached hydrogens (tertiary/aromatic N) is 1. The number of fused-ring (bicyclic) bond motifs is 1. The molecule has 0 amide bonds. The Labute approximate surface area is 106 Å². The van der Waals surface area contributed by atoms with Crippen LogP contribution in [0.4, 0.5) is 0 Å². The van der Waals surface area contributed by atoms with E-state index in [0.717, 1.165) is 17.7 Å². The number of carboxylic acid groups (broad SMARTS) is 1. The number of rotatable bonds is 5. The van der Waals surface area contributed by atoms with Crippen molar-refractivity contribution >= 4 is 12.2 Å². The van der Waals surface area contributed by atoms with Gasteiger partial charge in [-0.1, -0.05) is 0 Å². The summed E-state index contributed by atoms with van der Waals surface area (Å²) in [6.07, 6.45) is 3.41. The SMILES string of the molecule is COc1ccc2c(c1)C(CCCC(=O)[O-])CN=C2. The molecular formula is C14H16NO3-. The second kappa shape index (κ2) is 5.67. The van der Waals surface area contributed by atoms with Gasteiger partial charge in [0, 0.05) is 24.6 Å². The van der Waals surface area contributed by atoms with Gasteiger partial charge in [-0.25, -0.2) is 0 Å². The Kier molecular flexibility index (Phi) is 3.97. The zero-order valence-electron chi connectivity index (χ0n) is 10.4. The predicted molar refractivity (Wildman–Crippen MR) is 67.1 cm³/mol. The quantitative estimate of drug-likeness (QED) is 0.782. The maximum Gasteiger partial charge on any atom is 0.119 e. The van der Waals surface area contributed by atoms with Crippen LogP contribution in [-0.2, 0) is 4.79 Å². The lowest BCUT2D eigenvalue weighted by Crippen LogP contribution is -2.22. The van der Waals surface area contributed by atoms with Gasteiger partial charge in [0.15, 0.2) is 0 Å². The number of ether oxygens (including phenoxy) is 1. The van der Waals surface area contributed by atoms with E-state index in [-0.39, 0.29) is 12.3 Å². The highest BCUT2D eigenvalue weighted by atomic mass is 16.5. The summed E-state index contributed by atoms with van der Waals surface area (Å²) in [5, 5.41) is 10.4. The minimum absolute atomic E-state index is 0.111. The fourth-order valence-corrected chi connectivity index (χ4v) is 2.27. The molecule has 18 heavy (non-hydrogen) atoms. The van der Waals surface area contributed by atoms with Crippen LogP contribution in [0.2, 0.25) is 0 Å². The Hall–Kier alpha value is -1.84. The third kappa shape index (κ3) is 2.88. The van der Waals surface area contributed by atoms with E-state index in [1.165, 1.54) is 5.56 Å². The van der Waals surface area contributed by atoms with Gasteiger partial charge in [0.1, 0.15) is 5.75 Å². The van der Waals surface area contributed by atoms with Gasteiger partial charge in [-0.15, -0.1) is 0 Å². The molecule has 4 heteroatoms. The van der Waals surface area contributed by atoms with Crippen LogP contribution in [0.3, 0.4) is 0 Å². The number of carbonyl (C=O) groups is 1. The molecular weight excluding hydrogens is 230 g/mol. The standard InChI is InChI=1S/C14H17NO3/c1-18-12-6-5-11-9-15-8-10(13(11)7-12)3-2-4-14(16)17/h5-7,9-10H,2-4,8H2,1H3,(H,16,17)/p-1. The lowest BCUT2D eigenvalue weighted by atomic mass is 9.88. The van der Waals surface area contributed by atoms with E-state index in [1.54, 1.807) is 7.11 Å². The summed E-state index contributed by atoms with van der Waals surface area (Å²) in [4.78, 5) is 14.8. The molecule has 0 fully saturated rings. The van der Waals surface area contributed by atoms with Gasteiger partial charge in [-0.2, -0.15) is 0 Å². The first-order valence-corrected chi connectivity index (χ1v) is 6.08. The van der Waals surface area contributed by atoms with Crippen LogP contribution < -0.4 is 9.84 Å². The summed E-state index contributed by atoms with van der Waals surface area (Å²) >= 11 is 0. The molecule has 96 valence electrons. The summed E-state index contributed by atoms with van der Waals surface area (Å²) < 4.78 is 5.22. The van der Waals surface area contributed by atoms with Crippen LogP contribution in [0, 0.1) is 0 Å². The zero-order valence-corrected chi connectivity index (χ0v) is 10.4. The van der Waals surface area contributed by atoms with Crippen LogP contribution in [0.5, 0.6) is 5.75 Å². The number of aliphatic carboxylic acids is 1. The third-order valence-corrected chi connectivity index (χ3v) is 3.22. The van der Waals surface area contributed by atoms with E-state index in [1.807, 2.05) is 24.4 Å². The monoisotopic (exact) mass is 246 g/mol. The Morgan fingerprint density at radius 2 is 2.39 bits per heavy atom. The van der Waals surface area contributed by atoms with Crippen LogP contribution in [0.1, 0.15) is 36.3 Å². The summed E-state index contributed by atoms with van der Waals surface area (Å²) in [5.41, 5.74) is 2.29. The van der Waals surface area contributed by atoms with Crippen molar-refractivity contribution in [3.63, 3.8) is 0 Å². The van der Waals surface area contributed by atoms with Gasteiger partial charge in [0.05, 0.1) is 7.11 Å². The van der Waals surface area contributed by atoms with Crippen molar-refractivity contribution in [1.29, 1.82) is 0 Å². The second-order valence-corrected chi connectivity index (χ2v) is 4.45. The van der Waals surface area contributed by atoms with Gasteiger partial charge < -0.3 is 14.6 Å². The van der Waals surface area contributed by atoms with Crippen molar-refractivity contribution in [2.75, 3.05) is 13.7 Å². The van der Waals surface area contributed by atoms with Crippen LogP contribution in [-0.4, -0.2) is 25.8 Å². The number of benzene rings is 1. The van der Waals surface area contributed by atoms with Crippen LogP contribution >= 0.6 is 0 Å². The van der Waals surface area contributed by atoms with E-state index in [2.05, 4.69) is 4.99 Å². The molecule has 1 aliphatic rings.